The number of carbonyl (C=O) groups excluding carboxylic acids is 1. The number of aromatic nitrogens is 4. The molecule has 0 saturated carbocycles. The average Bonchev–Trinajstić information content (AvgIpc) is 3.06. The van der Waals surface area contributed by atoms with E-state index >= 15 is 0 Å². The van der Waals surface area contributed by atoms with Gasteiger partial charge in [0.1, 0.15) is 6.33 Å². The van der Waals surface area contributed by atoms with Gasteiger partial charge in [-0.2, -0.15) is 0 Å². The molecule has 0 spiro atoms. The van der Waals surface area contributed by atoms with Crippen molar-refractivity contribution in [2.24, 2.45) is 0 Å². The molecule has 0 fully saturated rings. The van der Waals surface area contributed by atoms with Gasteiger partial charge < -0.3 is 9.88 Å². The van der Waals surface area contributed by atoms with E-state index in [0.29, 0.717) is 18.1 Å². The Kier molecular flexibility index (Phi) is 4.96. The molecule has 2 heterocycles. The van der Waals surface area contributed by atoms with Crippen LogP contribution in [0.15, 0.2) is 55.2 Å². The third-order valence-electron chi connectivity index (χ3n) is 3.64. The summed E-state index contributed by atoms with van der Waals surface area (Å²) in [6, 6.07) is 9.96. The second-order valence-electron chi connectivity index (χ2n) is 5.45. The van der Waals surface area contributed by atoms with Gasteiger partial charge in [0.2, 0.25) is 0 Å². The number of amides is 1. The highest BCUT2D eigenvalue weighted by Crippen LogP contribution is 2.14. The zero-order valence-corrected chi connectivity index (χ0v) is 13.5. The molecule has 0 saturated heterocycles. The zero-order chi connectivity index (χ0) is 16.8. The lowest BCUT2D eigenvalue weighted by Crippen LogP contribution is -2.19. The molecule has 1 aromatic carbocycles. The van der Waals surface area contributed by atoms with Crippen molar-refractivity contribution in [2.75, 3.05) is 5.32 Å². The quantitative estimate of drug-likeness (QED) is 0.757. The number of imidazole rings is 1. The first kappa shape index (κ1) is 15.9. The minimum atomic E-state index is -0.261. The number of hydrogen-bond acceptors (Lipinski definition) is 4. The highest BCUT2D eigenvalue weighted by Gasteiger charge is 2.15. The van der Waals surface area contributed by atoms with Crippen molar-refractivity contribution in [3.05, 3.63) is 72.3 Å². The van der Waals surface area contributed by atoms with Gasteiger partial charge in [-0.05, 0) is 12.0 Å². The van der Waals surface area contributed by atoms with Gasteiger partial charge in [0.25, 0.3) is 5.91 Å². The van der Waals surface area contributed by atoms with E-state index in [9.17, 15) is 4.79 Å². The molecule has 24 heavy (non-hydrogen) atoms. The third kappa shape index (κ3) is 3.65. The van der Waals surface area contributed by atoms with Crippen LogP contribution >= 0.6 is 0 Å². The van der Waals surface area contributed by atoms with Crippen molar-refractivity contribution in [2.45, 2.75) is 26.3 Å². The first-order chi connectivity index (χ1) is 11.8. The Hall–Kier alpha value is -3.02. The van der Waals surface area contributed by atoms with Crippen LogP contribution in [0.1, 0.15) is 35.2 Å². The summed E-state index contributed by atoms with van der Waals surface area (Å²) in [4.78, 5) is 25.0. The molecule has 2 aromatic heterocycles. The molecule has 0 bridgehead atoms. The maximum absolute atomic E-state index is 12.6. The van der Waals surface area contributed by atoms with E-state index in [-0.39, 0.29) is 5.91 Å². The van der Waals surface area contributed by atoms with Gasteiger partial charge in [-0.15, -0.1) is 0 Å². The van der Waals surface area contributed by atoms with Crippen molar-refractivity contribution in [3.8, 4) is 0 Å². The topological polar surface area (TPSA) is 72.7 Å². The van der Waals surface area contributed by atoms with Gasteiger partial charge in [0.15, 0.2) is 5.82 Å². The number of anilines is 1. The summed E-state index contributed by atoms with van der Waals surface area (Å²) in [5, 5.41) is 2.88. The SMILES string of the molecule is CCCc1ncncc1NC(=O)c1nccn1Cc1ccccc1. The van der Waals surface area contributed by atoms with Crippen molar-refractivity contribution in [1.29, 1.82) is 0 Å². The van der Waals surface area contributed by atoms with Crippen LogP contribution in [0.25, 0.3) is 0 Å². The Morgan fingerprint density at radius 2 is 2.04 bits per heavy atom. The molecule has 0 radical (unpaired) electrons. The van der Waals surface area contributed by atoms with Gasteiger partial charge in [-0.1, -0.05) is 43.7 Å². The highest BCUT2D eigenvalue weighted by atomic mass is 16.2. The Morgan fingerprint density at radius 1 is 1.21 bits per heavy atom. The van der Waals surface area contributed by atoms with E-state index in [1.807, 2.05) is 34.9 Å². The monoisotopic (exact) mass is 321 g/mol. The molecule has 0 aliphatic heterocycles. The number of nitrogens with one attached hydrogen (secondary N) is 1. The molecule has 0 aliphatic rings. The Morgan fingerprint density at radius 3 is 2.83 bits per heavy atom. The minimum absolute atomic E-state index is 0.261. The normalized spacial score (nSPS) is 10.5. The fourth-order valence-corrected chi connectivity index (χ4v) is 2.50. The maximum Gasteiger partial charge on any atom is 0.291 e. The van der Waals surface area contributed by atoms with Gasteiger partial charge in [0, 0.05) is 18.9 Å². The summed E-state index contributed by atoms with van der Waals surface area (Å²) in [5.74, 6) is 0.105. The van der Waals surface area contributed by atoms with Crippen molar-refractivity contribution >= 4 is 11.6 Å². The number of nitrogens with zero attached hydrogens (tertiary/aromatic N) is 4. The Labute approximate surface area is 140 Å². The van der Waals surface area contributed by atoms with E-state index in [2.05, 4.69) is 27.2 Å². The number of benzene rings is 1. The maximum atomic E-state index is 12.6. The summed E-state index contributed by atoms with van der Waals surface area (Å²) < 4.78 is 1.83. The molecule has 6 nitrogen and oxygen atoms in total. The fraction of sp³-hybridized carbons (Fsp3) is 0.222. The van der Waals surface area contributed by atoms with E-state index in [1.165, 1.54) is 6.33 Å². The first-order valence-corrected chi connectivity index (χ1v) is 7.93. The fourth-order valence-electron chi connectivity index (χ4n) is 2.50. The number of carbonyl (C=O) groups is 1. The molecule has 1 N–H and O–H groups in total. The zero-order valence-electron chi connectivity index (χ0n) is 13.5. The number of hydrogen-bond donors (Lipinski definition) is 1. The lowest BCUT2D eigenvalue weighted by Gasteiger charge is -2.10. The first-order valence-electron chi connectivity index (χ1n) is 7.93. The molecular formula is C18H19N5O. The predicted molar refractivity (Wildman–Crippen MR) is 91.8 cm³/mol. The van der Waals surface area contributed by atoms with Crippen LogP contribution in [0.3, 0.4) is 0 Å². The molecule has 122 valence electrons. The van der Waals surface area contributed by atoms with E-state index in [0.717, 1.165) is 24.1 Å². The van der Waals surface area contributed by atoms with Gasteiger partial charge >= 0.3 is 0 Å². The molecule has 3 aromatic rings. The predicted octanol–water partition coefficient (Wildman–Crippen LogP) is 2.93. The van der Waals surface area contributed by atoms with Crippen LogP contribution in [-0.2, 0) is 13.0 Å². The summed E-state index contributed by atoms with van der Waals surface area (Å²) in [7, 11) is 0. The standard InChI is InChI=1S/C18H19N5O/c1-2-6-15-16(11-19-13-21-15)22-18(24)17-20-9-10-23(17)12-14-7-4-3-5-8-14/h3-5,7-11,13H,2,6,12H2,1H3,(H,22,24). The van der Waals surface area contributed by atoms with Gasteiger partial charge in [-0.25, -0.2) is 15.0 Å². The Balaban J connectivity index is 1.78. The van der Waals surface area contributed by atoms with E-state index in [1.54, 1.807) is 18.6 Å². The van der Waals surface area contributed by atoms with Crippen LogP contribution in [0.4, 0.5) is 5.69 Å². The van der Waals surface area contributed by atoms with Crippen molar-refractivity contribution in [3.63, 3.8) is 0 Å². The molecule has 1 amide bonds. The molecule has 0 atom stereocenters. The third-order valence-corrected chi connectivity index (χ3v) is 3.64. The van der Waals surface area contributed by atoms with Crippen molar-refractivity contribution < 1.29 is 4.79 Å². The largest absolute Gasteiger partial charge is 0.322 e. The number of aryl methyl sites for hydroxylation is 1. The average molecular weight is 321 g/mol. The molecular weight excluding hydrogens is 302 g/mol. The second-order valence-corrected chi connectivity index (χ2v) is 5.45. The van der Waals surface area contributed by atoms with Crippen LogP contribution in [0, 0.1) is 0 Å². The van der Waals surface area contributed by atoms with Crippen LogP contribution in [0.5, 0.6) is 0 Å². The summed E-state index contributed by atoms with van der Waals surface area (Å²) in [6.45, 7) is 2.66. The van der Waals surface area contributed by atoms with Crippen molar-refractivity contribution in [1.82, 2.24) is 19.5 Å². The second kappa shape index (κ2) is 7.50. The van der Waals surface area contributed by atoms with Crippen LogP contribution in [-0.4, -0.2) is 25.4 Å². The molecule has 0 unspecified atom stereocenters. The highest BCUT2D eigenvalue weighted by molar-refractivity contribution is 6.02. The minimum Gasteiger partial charge on any atom is -0.322 e. The summed E-state index contributed by atoms with van der Waals surface area (Å²) >= 11 is 0. The molecule has 0 aliphatic carbocycles. The van der Waals surface area contributed by atoms with E-state index < -0.39 is 0 Å². The Bertz CT molecular complexity index is 813. The van der Waals surface area contributed by atoms with E-state index in [4.69, 9.17) is 0 Å². The smallest absolute Gasteiger partial charge is 0.291 e. The summed E-state index contributed by atoms with van der Waals surface area (Å²) in [6.07, 6.45) is 8.29. The lowest BCUT2D eigenvalue weighted by molar-refractivity contribution is 0.101. The van der Waals surface area contributed by atoms with Crippen LogP contribution < -0.4 is 5.32 Å². The lowest BCUT2D eigenvalue weighted by atomic mass is 10.2. The molecule has 6 heteroatoms. The summed E-state index contributed by atoms with van der Waals surface area (Å²) in [5.41, 5.74) is 2.58. The number of rotatable bonds is 6. The molecule has 3 rings (SSSR count). The van der Waals surface area contributed by atoms with Gasteiger partial charge in [0.05, 0.1) is 17.6 Å². The van der Waals surface area contributed by atoms with Crippen LogP contribution in [0.2, 0.25) is 0 Å². The van der Waals surface area contributed by atoms with Gasteiger partial charge in [-0.3, -0.25) is 4.79 Å².